The molecule has 0 aliphatic carbocycles. The van der Waals surface area contributed by atoms with Gasteiger partial charge in [0.2, 0.25) is 0 Å². The lowest BCUT2D eigenvalue weighted by Gasteiger charge is -2.10. The van der Waals surface area contributed by atoms with Gasteiger partial charge in [-0.05, 0) is 24.1 Å². The molecule has 0 heterocycles. The lowest BCUT2D eigenvalue weighted by molar-refractivity contribution is 0.299. The molecule has 1 aromatic carbocycles. The largest absolute Gasteiger partial charge is 0.492 e. The second-order valence-corrected chi connectivity index (χ2v) is 4.07. The van der Waals surface area contributed by atoms with E-state index in [9.17, 15) is 0 Å². The fourth-order valence-electron chi connectivity index (χ4n) is 1.40. The summed E-state index contributed by atoms with van der Waals surface area (Å²) in [6, 6.07) is 8.36. The van der Waals surface area contributed by atoms with Crippen LogP contribution in [0.2, 0.25) is 0 Å². The first-order valence-electron chi connectivity index (χ1n) is 5.78. The number of hydrogen-bond acceptors (Lipinski definition) is 3. The van der Waals surface area contributed by atoms with Crippen LogP contribution in [0.5, 0.6) is 5.75 Å². The van der Waals surface area contributed by atoms with Gasteiger partial charge < -0.3 is 15.2 Å². The molecule has 0 saturated carbocycles. The Labute approximate surface area is 97.4 Å². The summed E-state index contributed by atoms with van der Waals surface area (Å²) < 4.78 is 5.56. The smallest absolute Gasteiger partial charge is 0.119 e. The molecular weight excluding hydrogens is 202 g/mol. The maximum Gasteiger partial charge on any atom is 0.119 e. The highest BCUT2D eigenvalue weighted by Gasteiger charge is 1.96. The SMILES string of the molecule is CC(C)NCCOc1ccc(CCO)cc1. The quantitative estimate of drug-likeness (QED) is 0.690. The predicted molar refractivity (Wildman–Crippen MR) is 65.9 cm³/mol. The van der Waals surface area contributed by atoms with Crippen molar-refractivity contribution >= 4 is 0 Å². The molecule has 0 aliphatic heterocycles. The molecule has 1 aromatic rings. The van der Waals surface area contributed by atoms with Gasteiger partial charge in [0.25, 0.3) is 0 Å². The van der Waals surface area contributed by atoms with Crippen molar-refractivity contribution in [3.05, 3.63) is 29.8 Å². The Bertz CT molecular complexity index is 282. The van der Waals surface area contributed by atoms with Gasteiger partial charge >= 0.3 is 0 Å². The Kier molecular flexibility index (Phi) is 5.90. The number of nitrogens with one attached hydrogen (secondary N) is 1. The van der Waals surface area contributed by atoms with Crippen molar-refractivity contribution in [3.63, 3.8) is 0 Å². The summed E-state index contributed by atoms with van der Waals surface area (Å²) in [5.41, 5.74) is 1.13. The molecule has 0 unspecified atom stereocenters. The second-order valence-electron chi connectivity index (χ2n) is 4.07. The Morgan fingerprint density at radius 1 is 1.25 bits per heavy atom. The van der Waals surface area contributed by atoms with Crippen LogP contribution in [-0.2, 0) is 6.42 Å². The van der Waals surface area contributed by atoms with Gasteiger partial charge in [-0.15, -0.1) is 0 Å². The average molecular weight is 223 g/mol. The molecule has 16 heavy (non-hydrogen) atoms. The van der Waals surface area contributed by atoms with Gasteiger partial charge in [-0.2, -0.15) is 0 Å². The van der Waals surface area contributed by atoms with Crippen molar-refractivity contribution in [2.24, 2.45) is 0 Å². The maximum atomic E-state index is 8.77. The Hall–Kier alpha value is -1.06. The molecule has 0 aromatic heterocycles. The molecule has 2 N–H and O–H groups in total. The topological polar surface area (TPSA) is 41.5 Å². The molecule has 0 fully saturated rings. The lowest BCUT2D eigenvalue weighted by atomic mass is 10.1. The van der Waals surface area contributed by atoms with Crippen LogP contribution in [0.25, 0.3) is 0 Å². The van der Waals surface area contributed by atoms with Crippen LogP contribution in [0.3, 0.4) is 0 Å². The first kappa shape index (κ1) is 13.0. The molecule has 90 valence electrons. The number of aliphatic hydroxyl groups is 1. The second kappa shape index (κ2) is 7.25. The van der Waals surface area contributed by atoms with Crippen molar-refractivity contribution in [1.82, 2.24) is 5.32 Å². The third-order valence-corrected chi connectivity index (χ3v) is 2.25. The minimum absolute atomic E-state index is 0.193. The number of aliphatic hydroxyl groups excluding tert-OH is 1. The van der Waals surface area contributed by atoms with E-state index >= 15 is 0 Å². The number of benzene rings is 1. The van der Waals surface area contributed by atoms with E-state index in [1.807, 2.05) is 24.3 Å². The van der Waals surface area contributed by atoms with Crippen LogP contribution < -0.4 is 10.1 Å². The first-order valence-corrected chi connectivity index (χ1v) is 5.78. The summed E-state index contributed by atoms with van der Waals surface area (Å²) in [6.45, 7) is 5.96. The maximum absolute atomic E-state index is 8.77. The summed E-state index contributed by atoms with van der Waals surface area (Å²) in [6.07, 6.45) is 0.704. The lowest BCUT2D eigenvalue weighted by Crippen LogP contribution is -2.27. The van der Waals surface area contributed by atoms with Crippen molar-refractivity contribution in [2.75, 3.05) is 19.8 Å². The van der Waals surface area contributed by atoms with Crippen LogP contribution in [0, 0.1) is 0 Å². The van der Waals surface area contributed by atoms with Crippen molar-refractivity contribution < 1.29 is 9.84 Å². The molecule has 0 spiro atoms. The van der Waals surface area contributed by atoms with Gasteiger partial charge in [-0.25, -0.2) is 0 Å². The molecule has 0 amide bonds. The van der Waals surface area contributed by atoms with Gasteiger partial charge in [0.05, 0.1) is 0 Å². The number of hydrogen-bond donors (Lipinski definition) is 2. The normalized spacial score (nSPS) is 10.8. The highest BCUT2D eigenvalue weighted by molar-refractivity contribution is 5.27. The third kappa shape index (κ3) is 5.14. The summed E-state index contributed by atoms with van der Waals surface area (Å²) in [4.78, 5) is 0. The monoisotopic (exact) mass is 223 g/mol. The van der Waals surface area contributed by atoms with Crippen LogP contribution in [0.15, 0.2) is 24.3 Å². The zero-order valence-corrected chi connectivity index (χ0v) is 10.1. The summed E-state index contributed by atoms with van der Waals surface area (Å²) in [5, 5.41) is 12.1. The molecule has 0 bridgehead atoms. The average Bonchev–Trinajstić information content (AvgIpc) is 2.27. The molecule has 0 aliphatic rings. The predicted octanol–water partition coefficient (Wildman–Crippen LogP) is 1.60. The van der Waals surface area contributed by atoms with E-state index < -0.39 is 0 Å². The van der Waals surface area contributed by atoms with Crippen LogP contribution >= 0.6 is 0 Å². The minimum atomic E-state index is 0.193. The molecule has 3 heteroatoms. The molecule has 0 radical (unpaired) electrons. The van der Waals surface area contributed by atoms with Gasteiger partial charge in [0.15, 0.2) is 0 Å². The van der Waals surface area contributed by atoms with E-state index in [1.54, 1.807) is 0 Å². The molecule has 0 atom stereocenters. The van der Waals surface area contributed by atoms with Crippen molar-refractivity contribution in [1.29, 1.82) is 0 Å². The first-order chi connectivity index (χ1) is 7.72. The zero-order valence-electron chi connectivity index (χ0n) is 10.1. The van der Waals surface area contributed by atoms with E-state index in [0.717, 1.165) is 17.9 Å². The van der Waals surface area contributed by atoms with Crippen molar-refractivity contribution in [3.8, 4) is 5.75 Å². The number of rotatable bonds is 7. The van der Waals surface area contributed by atoms with E-state index in [4.69, 9.17) is 9.84 Å². The molecule has 0 saturated heterocycles. The zero-order chi connectivity index (χ0) is 11.8. The highest BCUT2D eigenvalue weighted by atomic mass is 16.5. The molecule has 3 nitrogen and oxygen atoms in total. The Balaban J connectivity index is 2.26. The van der Waals surface area contributed by atoms with E-state index in [1.165, 1.54) is 0 Å². The summed E-state index contributed by atoms with van der Waals surface area (Å²) in [5.74, 6) is 0.882. The summed E-state index contributed by atoms with van der Waals surface area (Å²) >= 11 is 0. The third-order valence-electron chi connectivity index (χ3n) is 2.25. The van der Waals surface area contributed by atoms with Gasteiger partial charge in [-0.3, -0.25) is 0 Å². The summed E-state index contributed by atoms with van der Waals surface area (Å²) in [7, 11) is 0. The van der Waals surface area contributed by atoms with Crippen LogP contribution in [0.4, 0.5) is 0 Å². The Morgan fingerprint density at radius 2 is 1.94 bits per heavy atom. The van der Waals surface area contributed by atoms with Crippen molar-refractivity contribution in [2.45, 2.75) is 26.3 Å². The van der Waals surface area contributed by atoms with E-state index in [2.05, 4.69) is 19.2 Å². The van der Waals surface area contributed by atoms with Gasteiger partial charge in [-0.1, -0.05) is 26.0 Å². The molecular formula is C13H21NO2. The Morgan fingerprint density at radius 3 is 2.50 bits per heavy atom. The standard InChI is InChI=1S/C13H21NO2/c1-11(2)14-8-10-16-13-5-3-12(4-6-13)7-9-15/h3-6,11,14-15H,7-10H2,1-2H3. The van der Waals surface area contributed by atoms with E-state index in [0.29, 0.717) is 19.1 Å². The fraction of sp³-hybridized carbons (Fsp3) is 0.538. The van der Waals surface area contributed by atoms with Gasteiger partial charge in [0.1, 0.15) is 12.4 Å². The highest BCUT2D eigenvalue weighted by Crippen LogP contribution is 2.12. The minimum Gasteiger partial charge on any atom is -0.492 e. The van der Waals surface area contributed by atoms with Gasteiger partial charge in [0, 0.05) is 19.2 Å². The van der Waals surface area contributed by atoms with E-state index in [-0.39, 0.29) is 6.61 Å². The van der Waals surface area contributed by atoms with Crippen LogP contribution in [0.1, 0.15) is 19.4 Å². The van der Waals surface area contributed by atoms with Crippen LogP contribution in [-0.4, -0.2) is 30.9 Å². The molecule has 1 rings (SSSR count). The number of ether oxygens (including phenoxy) is 1. The fourth-order valence-corrected chi connectivity index (χ4v) is 1.40.